The lowest BCUT2D eigenvalue weighted by Gasteiger charge is -2.13. The van der Waals surface area contributed by atoms with E-state index in [-0.39, 0.29) is 0 Å². The summed E-state index contributed by atoms with van der Waals surface area (Å²) in [7, 11) is 0. The van der Waals surface area contributed by atoms with E-state index in [9.17, 15) is 0 Å². The molecule has 1 aromatic heterocycles. The van der Waals surface area contributed by atoms with Crippen molar-refractivity contribution in [3.05, 3.63) is 51.7 Å². The molecule has 0 saturated carbocycles. The molecule has 2 aromatic rings. The summed E-state index contributed by atoms with van der Waals surface area (Å²) >= 11 is 1.82. The summed E-state index contributed by atoms with van der Waals surface area (Å²) in [4.78, 5) is 2.63. The zero-order valence-electron chi connectivity index (χ0n) is 13.3. The Labute approximate surface area is 132 Å². The minimum atomic E-state index is 0.482. The van der Waals surface area contributed by atoms with Crippen LogP contribution in [0.1, 0.15) is 48.9 Å². The van der Waals surface area contributed by atoms with Crippen LogP contribution in [0.3, 0.4) is 0 Å². The van der Waals surface area contributed by atoms with Gasteiger partial charge in [0.05, 0.1) is 0 Å². The van der Waals surface area contributed by atoms with Crippen molar-refractivity contribution in [1.82, 2.24) is 5.32 Å². The third-order valence-electron chi connectivity index (χ3n) is 3.31. The third kappa shape index (κ3) is 4.87. The number of hydrogen-bond donors (Lipinski definition) is 1. The normalized spacial score (nSPS) is 11.3. The molecule has 114 valence electrons. The molecule has 0 spiro atoms. The monoisotopic (exact) mass is 303 g/mol. The molecule has 3 heteroatoms. The van der Waals surface area contributed by atoms with E-state index in [0.717, 1.165) is 12.3 Å². The standard InChI is InChI=1S/C18H25NOS/c1-13(2)17-7-5-6-8-18(17)20-12-16-10-9-15(21-16)11-19-14(3)4/h5-10,13-14,19H,11-12H2,1-4H3. The van der Waals surface area contributed by atoms with Crippen LogP contribution in [0.4, 0.5) is 0 Å². The Morgan fingerprint density at radius 3 is 2.43 bits per heavy atom. The lowest BCUT2D eigenvalue weighted by Crippen LogP contribution is -2.21. The first-order valence-corrected chi connectivity index (χ1v) is 8.40. The molecule has 2 rings (SSSR count). The molecule has 21 heavy (non-hydrogen) atoms. The Morgan fingerprint density at radius 2 is 1.71 bits per heavy atom. The Bertz CT molecular complexity index is 560. The van der Waals surface area contributed by atoms with Gasteiger partial charge >= 0.3 is 0 Å². The summed E-state index contributed by atoms with van der Waals surface area (Å²) in [5, 5.41) is 3.44. The van der Waals surface area contributed by atoms with Crippen LogP contribution in [0, 0.1) is 0 Å². The highest BCUT2D eigenvalue weighted by atomic mass is 32.1. The van der Waals surface area contributed by atoms with E-state index < -0.39 is 0 Å². The molecule has 1 N–H and O–H groups in total. The number of thiophene rings is 1. The fraction of sp³-hybridized carbons (Fsp3) is 0.444. The summed E-state index contributed by atoms with van der Waals surface area (Å²) in [6.07, 6.45) is 0. The predicted octanol–water partition coefficient (Wildman–Crippen LogP) is 4.95. The number of benzene rings is 1. The average molecular weight is 303 g/mol. The number of ether oxygens (including phenoxy) is 1. The van der Waals surface area contributed by atoms with Gasteiger partial charge in [0.2, 0.25) is 0 Å². The van der Waals surface area contributed by atoms with Gasteiger partial charge in [-0.3, -0.25) is 0 Å². The highest BCUT2D eigenvalue weighted by Crippen LogP contribution is 2.27. The van der Waals surface area contributed by atoms with Gasteiger partial charge < -0.3 is 10.1 Å². The highest BCUT2D eigenvalue weighted by molar-refractivity contribution is 7.11. The molecular weight excluding hydrogens is 278 g/mol. The lowest BCUT2D eigenvalue weighted by atomic mass is 10.0. The largest absolute Gasteiger partial charge is 0.488 e. The SMILES string of the molecule is CC(C)NCc1ccc(COc2ccccc2C(C)C)s1. The van der Waals surface area contributed by atoms with E-state index >= 15 is 0 Å². The Kier molecular flexibility index (Phi) is 5.83. The zero-order chi connectivity index (χ0) is 15.2. The van der Waals surface area contributed by atoms with Gasteiger partial charge in [0.1, 0.15) is 12.4 Å². The Hall–Kier alpha value is -1.32. The van der Waals surface area contributed by atoms with Crippen LogP contribution in [0.5, 0.6) is 5.75 Å². The van der Waals surface area contributed by atoms with Gasteiger partial charge in [0.15, 0.2) is 0 Å². The molecule has 0 aliphatic rings. The summed E-state index contributed by atoms with van der Waals surface area (Å²) < 4.78 is 6.01. The molecule has 0 saturated heterocycles. The average Bonchev–Trinajstić information content (AvgIpc) is 2.91. The van der Waals surface area contributed by atoms with Crippen LogP contribution in [0.25, 0.3) is 0 Å². The minimum absolute atomic E-state index is 0.482. The van der Waals surface area contributed by atoms with Crippen LogP contribution >= 0.6 is 11.3 Å². The smallest absolute Gasteiger partial charge is 0.123 e. The van der Waals surface area contributed by atoms with E-state index in [1.807, 2.05) is 17.4 Å². The molecule has 0 fully saturated rings. The van der Waals surface area contributed by atoms with E-state index in [1.165, 1.54) is 15.3 Å². The van der Waals surface area contributed by atoms with Crippen LogP contribution in [0.2, 0.25) is 0 Å². The van der Waals surface area contributed by atoms with Gasteiger partial charge in [-0.1, -0.05) is 45.9 Å². The first-order valence-electron chi connectivity index (χ1n) is 7.59. The number of para-hydroxylation sites is 1. The topological polar surface area (TPSA) is 21.3 Å². The van der Waals surface area contributed by atoms with Crippen LogP contribution in [-0.2, 0) is 13.2 Å². The maximum Gasteiger partial charge on any atom is 0.123 e. The molecule has 0 atom stereocenters. The molecule has 0 aliphatic heterocycles. The molecule has 0 radical (unpaired) electrons. The van der Waals surface area contributed by atoms with E-state index in [2.05, 4.69) is 63.3 Å². The lowest BCUT2D eigenvalue weighted by molar-refractivity contribution is 0.305. The van der Waals surface area contributed by atoms with Crippen molar-refractivity contribution in [2.24, 2.45) is 0 Å². The van der Waals surface area contributed by atoms with Gasteiger partial charge in [-0.15, -0.1) is 11.3 Å². The van der Waals surface area contributed by atoms with Crippen molar-refractivity contribution < 1.29 is 4.74 Å². The molecule has 0 amide bonds. The van der Waals surface area contributed by atoms with Gasteiger partial charge in [0, 0.05) is 22.3 Å². The quantitative estimate of drug-likeness (QED) is 0.781. The fourth-order valence-electron chi connectivity index (χ4n) is 2.14. The van der Waals surface area contributed by atoms with Gasteiger partial charge in [-0.2, -0.15) is 0 Å². The number of nitrogens with one attached hydrogen (secondary N) is 1. The first-order chi connectivity index (χ1) is 10.1. The van der Waals surface area contributed by atoms with Gasteiger partial charge in [0.25, 0.3) is 0 Å². The maximum atomic E-state index is 6.01. The van der Waals surface area contributed by atoms with E-state index in [1.54, 1.807) is 0 Å². The molecule has 0 bridgehead atoms. The van der Waals surface area contributed by atoms with Crippen molar-refractivity contribution >= 4 is 11.3 Å². The Morgan fingerprint density at radius 1 is 1.00 bits per heavy atom. The zero-order valence-corrected chi connectivity index (χ0v) is 14.2. The fourth-order valence-corrected chi connectivity index (χ4v) is 3.02. The number of rotatable bonds is 7. The molecule has 1 heterocycles. The summed E-state index contributed by atoms with van der Waals surface area (Å²) in [6.45, 7) is 10.3. The summed E-state index contributed by atoms with van der Waals surface area (Å²) in [5.74, 6) is 1.48. The second-order valence-electron chi connectivity index (χ2n) is 5.88. The molecule has 0 aliphatic carbocycles. The Balaban J connectivity index is 1.94. The van der Waals surface area contributed by atoms with E-state index in [0.29, 0.717) is 18.6 Å². The van der Waals surface area contributed by atoms with Crippen molar-refractivity contribution in [1.29, 1.82) is 0 Å². The summed E-state index contributed by atoms with van der Waals surface area (Å²) in [5.41, 5.74) is 1.27. The predicted molar refractivity (Wildman–Crippen MR) is 91.2 cm³/mol. The van der Waals surface area contributed by atoms with Crippen LogP contribution in [-0.4, -0.2) is 6.04 Å². The molecule has 2 nitrogen and oxygen atoms in total. The van der Waals surface area contributed by atoms with Crippen LogP contribution < -0.4 is 10.1 Å². The highest BCUT2D eigenvalue weighted by Gasteiger charge is 2.08. The van der Waals surface area contributed by atoms with Crippen molar-refractivity contribution in [3.63, 3.8) is 0 Å². The second-order valence-corrected chi connectivity index (χ2v) is 7.14. The first kappa shape index (κ1) is 16.1. The van der Waals surface area contributed by atoms with Gasteiger partial charge in [-0.25, -0.2) is 0 Å². The minimum Gasteiger partial charge on any atom is -0.488 e. The maximum absolute atomic E-state index is 6.01. The van der Waals surface area contributed by atoms with Crippen molar-refractivity contribution in [2.45, 2.75) is 52.8 Å². The van der Waals surface area contributed by atoms with Crippen molar-refractivity contribution in [2.75, 3.05) is 0 Å². The molecule has 1 aromatic carbocycles. The molecular formula is C18H25NOS. The van der Waals surface area contributed by atoms with E-state index in [4.69, 9.17) is 4.74 Å². The number of hydrogen-bond acceptors (Lipinski definition) is 3. The molecule has 0 unspecified atom stereocenters. The third-order valence-corrected chi connectivity index (χ3v) is 4.37. The van der Waals surface area contributed by atoms with Crippen LogP contribution in [0.15, 0.2) is 36.4 Å². The summed E-state index contributed by atoms with van der Waals surface area (Å²) in [6, 6.07) is 13.2. The second kappa shape index (κ2) is 7.62. The van der Waals surface area contributed by atoms with Crippen molar-refractivity contribution in [3.8, 4) is 5.75 Å². The van der Waals surface area contributed by atoms with Gasteiger partial charge in [-0.05, 0) is 29.7 Å².